The van der Waals surface area contributed by atoms with Crippen molar-refractivity contribution in [2.45, 2.75) is 12.8 Å². The van der Waals surface area contributed by atoms with Gasteiger partial charge >= 0.3 is 5.97 Å². The molecule has 0 atom stereocenters. The maximum atomic E-state index is 10.5. The first-order valence-corrected chi connectivity index (χ1v) is 5.32. The van der Waals surface area contributed by atoms with Crippen LogP contribution in [0.4, 0.5) is 0 Å². The fourth-order valence-corrected chi connectivity index (χ4v) is 1.67. The van der Waals surface area contributed by atoms with Crippen molar-refractivity contribution < 1.29 is 9.90 Å². The van der Waals surface area contributed by atoms with Crippen LogP contribution in [-0.4, -0.2) is 25.8 Å². The van der Waals surface area contributed by atoms with Crippen molar-refractivity contribution >= 4 is 5.97 Å². The summed E-state index contributed by atoms with van der Waals surface area (Å²) < 4.78 is 1.74. The Kier molecular flexibility index (Phi) is 3.18. The molecule has 2 rings (SSSR count). The van der Waals surface area contributed by atoms with Crippen LogP contribution < -0.4 is 0 Å². The van der Waals surface area contributed by atoms with Gasteiger partial charge in [-0.25, -0.2) is 0 Å². The van der Waals surface area contributed by atoms with E-state index in [4.69, 9.17) is 5.11 Å². The SMILES string of the molecule is Cn1nc(CCC(=O)O)cc1-c1cccnc1. The first kappa shape index (κ1) is 11.3. The van der Waals surface area contributed by atoms with Crippen molar-refractivity contribution in [2.24, 2.45) is 7.05 Å². The molecule has 2 aromatic heterocycles. The predicted octanol–water partition coefficient (Wildman–Crippen LogP) is 1.50. The zero-order valence-corrected chi connectivity index (χ0v) is 9.50. The molecule has 0 amide bonds. The van der Waals surface area contributed by atoms with Crippen molar-refractivity contribution in [3.05, 3.63) is 36.3 Å². The quantitative estimate of drug-likeness (QED) is 0.865. The molecule has 17 heavy (non-hydrogen) atoms. The Hall–Kier alpha value is -2.17. The largest absolute Gasteiger partial charge is 0.481 e. The minimum Gasteiger partial charge on any atom is -0.481 e. The van der Waals surface area contributed by atoms with E-state index in [1.54, 1.807) is 17.1 Å². The smallest absolute Gasteiger partial charge is 0.303 e. The van der Waals surface area contributed by atoms with Crippen molar-refractivity contribution in [2.75, 3.05) is 0 Å². The predicted molar refractivity (Wildman–Crippen MR) is 62.4 cm³/mol. The highest BCUT2D eigenvalue weighted by molar-refractivity contribution is 5.67. The van der Waals surface area contributed by atoms with Gasteiger partial charge in [0.1, 0.15) is 0 Å². The van der Waals surface area contributed by atoms with Crippen LogP contribution in [0.1, 0.15) is 12.1 Å². The first-order chi connectivity index (χ1) is 8.16. The van der Waals surface area contributed by atoms with Crippen molar-refractivity contribution in [1.29, 1.82) is 0 Å². The normalized spacial score (nSPS) is 10.4. The Bertz CT molecular complexity index is 520. The molecule has 0 bridgehead atoms. The first-order valence-electron chi connectivity index (χ1n) is 5.32. The molecular formula is C12H13N3O2. The lowest BCUT2D eigenvalue weighted by atomic mass is 10.1. The summed E-state index contributed by atoms with van der Waals surface area (Å²) >= 11 is 0. The Morgan fingerprint density at radius 3 is 3.00 bits per heavy atom. The Morgan fingerprint density at radius 2 is 2.35 bits per heavy atom. The number of rotatable bonds is 4. The molecule has 5 nitrogen and oxygen atoms in total. The Morgan fingerprint density at radius 1 is 1.53 bits per heavy atom. The number of carbonyl (C=O) groups is 1. The van der Waals surface area contributed by atoms with Crippen LogP contribution in [0.15, 0.2) is 30.6 Å². The second-order valence-corrected chi connectivity index (χ2v) is 3.78. The van der Waals surface area contributed by atoms with E-state index < -0.39 is 5.97 Å². The highest BCUT2D eigenvalue weighted by Crippen LogP contribution is 2.18. The number of carboxylic acids is 1. The van der Waals surface area contributed by atoms with Crippen LogP contribution in [-0.2, 0) is 18.3 Å². The van der Waals surface area contributed by atoms with Gasteiger partial charge < -0.3 is 5.11 Å². The molecule has 0 aromatic carbocycles. The number of hydrogen-bond acceptors (Lipinski definition) is 3. The van der Waals surface area contributed by atoms with Gasteiger partial charge in [-0.2, -0.15) is 5.10 Å². The molecule has 2 aromatic rings. The molecule has 0 radical (unpaired) electrons. The van der Waals surface area contributed by atoms with Gasteiger partial charge in [0.05, 0.1) is 17.8 Å². The summed E-state index contributed by atoms with van der Waals surface area (Å²) in [5, 5.41) is 12.9. The lowest BCUT2D eigenvalue weighted by molar-refractivity contribution is -0.136. The zero-order chi connectivity index (χ0) is 12.3. The fraction of sp³-hybridized carbons (Fsp3) is 0.250. The Labute approximate surface area is 98.7 Å². The van der Waals surface area contributed by atoms with Gasteiger partial charge in [0.25, 0.3) is 0 Å². The molecule has 5 heteroatoms. The molecular weight excluding hydrogens is 218 g/mol. The topological polar surface area (TPSA) is 68.0 Å². The maximum absolute atomic E-state index is 10.5. The van der Waals surface area contributed by atoms with Crippen LogP contribution in [0.5, 0.6) is 0 Å². The summed E-state index contributed by atoms with van der Waals surface area (Å²) in [6, 6.07) is 5.71. The molecule has 88 valence electrons. The minimum absolute atomic E-state index is 0.101. The second-order valence-electron chi connectivity index (χ2n) is 3.78. The lowest BCUT2D eigenvalue weighted by Crippen LogP contribution is -1.99. The number of hydrogen-bond donors (Lipinski definition) is 1. The third-order valence-electron chi connectivity index (χ3n) is 2.48. The van der Waals surface area contributed by atoms with Crippen LogP contribution >= 0.6 is 0 Å². The average molecular weight is 231 g/mol. The van der Waals surface area contributed by atoms with Crippen LogP contribution in [0, 0.1) is 0 Å². The third-order valence-corrected chi connectivity index (χ3v) is 2.48. The van der Waals surface area contributed by atoms with Gasteiger partial charge in [-0.3, -0.25) is 14.5 Å². The highest BCUT2D eigenvalue weighted by Gasteiger charge is 2.08. The number of aromatic nitrogens is 3. The molecule has 0 saturated heterocycles. The molecule has 0 aliphatic carbocycles. The van der Waals surface area contributed by atoms with Gasteiger partial charge in [0, 0.05) is 31.4 Å². The van der Waals surface area contributed by atoms with Crippen LogP contribution in [0.2, 0.25) is 0 Å². The van der Waals surface area contributed by atoms with Crippen molar-refractivity contribution in [1.82, 2.24) is 14.8 Å². The van der Waals surface area contributed by atoms with E-state index in [1.165, 1.54) is 0 Å². The molecule has 1 N–H and O–H groups in total. The number of aliphatic carboxylic acids is 1. The standard InChI is InChI=1S/C12H13N3O2/c1-15-11(9-3-2-6-13-8-9)7-10(14-15)4-5-12(16)17/h2-3,6-8H,4-5H2,1H3,(H,16,17). The molecule has 0 unspecified atom stereocenters. The molecule has 2 heterocycles. The summed E-state index contributed by atoms with van der Waals surface area (Å²) in [5.41, 5.74) is 2.70. The van der Waals surface area contributed by atoms with Gasteiger partial charge in [0.15, 0.2) is 0 Å². The van der Waals surface area contributed by atoms with Crippen LogP contribution in [0.3, 0.4) is 0 Å². The minimum atomic E-state index is -0.807. The molecule has 0 spiro atoms. The second kappa shape index (κ2) is 4.78. The van der Waals surface area contributed by atoms with Crippen LogP contribution in [0.25, 0.3) is 11.3 Å². The van der Waals surface area contributed by atoms with E-state index in [9.17, 15) is 4.79 Å². The third kappa shape index (κ3) is 2.69. The zero-order valence-electron chi connectivity index (χ0n) is 9.50. The molecule has 0 saturated carbocycles. The monoisotopic (exact) mass is 231 g/mol. The molecule has 0 aliphatic rings. The Balaban J connectivity index is 2.22. The van der Waals surface area contributed by atoms with E-state index in [0.717, 1.165) is 17.0 Å². The number of carboxylic acid groups (broad SMARTS) is 1. The summed E-state index contributed by atoms with van der Waals surface area (Å²) in [6.45, 7) is 0. The van der Waals surface area contributed by atoms with Gasteiger partial charge in [-0.1, -0.05) is 0 Å². The number of pyridine rings is 1. The molecule has 0 fully saturated rings. The van der Waals surface area contributed by atoms with E-state index in [-0.39, 0.29) is 6.42 Å². The molecule has 0 aliphatic heterocycles. The average Bonchev–Trinajstić information content (AvgIpc) is 2.69. The summed E-state index contributed by atoms with van der Waals surface area (Å²) in [4.78, 5) is 14.5. The number of nitrogens with zero attached hydrogens (tertiary/aromatic N) is 3. The van der Waals surface area contributed by atoms with E-state index >= 15 is 0 Å². The highest BCUT2D eigenvalue weighted by atomic mass is 16.4. The maximum Gasteiger partial charge on any atom is 0.303 e. The van der Waals surface area contributed by atoms with Gasteiger partial charge in [-0.05, 0) is 18.2 Å². The van der Waals surface area contributed by atoms with E-state index in [1.807, 2.05) is 25.2 Å². The fourth-order valence-electron chi connectivity index (χ4n) is 1.67. The lowest BCUT2D eigenvalue weighted by Gasteiger charge is -1.99. The number of aryl methyl sites for hydroxylation is 2. The van der Waals surface area contributed by atoms with Crippen molar-refractivity contribution in [3.63, 3.8) is 0 Å². The summed E-state index contributed by atoms with van der Waals surface area (Å²) in [5.74, 6) is -0.807. The summed E-state index contributed by atoms with van der Waals surface area (Å²) in [7, 11) is 1.84. The van der Waals surface area contributed by atoms with Crippen molar-refractivity contribution in [3.8, 4) is 11.3 Å². The van der Waals surface area contributed by atoms with E-state index in [2.05, 4.69) is 10.1 Å². The summed E-state index contributed by atoms with van der Waals surface area (Å²) in [6.07, 6.45) is 4.02. The van der Waals surface area contributed by atoms with E-state index in [0.29, 0.717) is 6.42 Å². The van der Waals surface area contributed by atoms with Gasteiger partial charge in [-0.15, -0.1) is 0 Å². The van der Waals surface area contributed by atoms with Gasteiger partial charge in [0.2, 0.25) is 0 Å².